The second kappa shape index (κ2) is 8.58. The van der Waals surface area contributed by atoms with Crippen LogP contribution in [0, 0.1) is 0 Å². The quantitative estimate of drug-likeness (QED) is 0.451. The second-order valence-corrected chi connectivity index (χ2v) is 6.09. The van der Waals surface area contributed by atoms with Crippen LogP contribution >= 0.6 is 11.8 Å². The fourth-order valence-corrected chi connectivity index (χ4v) is 2.72. The first-order valence-electron chi connectivity index (χ1n) is 7.66. The van der Waals surface area contributed by atoms with E-state index in [2.05, 4.69) is 21.9 Å². The van der Waals surface area contributed by atoms with E-state index in [4.69, 9.17) is 15.2 Å². The predicted molar refractivity (Wildman–Crippen MR) is 98.2 cm³/mol. The summed E-state index contributed by atoms with van der Waals surface area (Å²) in [5.41, 5.74) is 6.18. The lowest BCUT2D eigenvalue weighted by molar-refractivity contribution is 0.355. The lowest BCUT2D eigenvalue weighted by atomic mass is 10.2. The van der Waals surface area contributed by atoms with E-state index < -0.39 is 0 Å². The summed E-state index contributed by atoms with van der Waals surface area (Å²) in [6.07, 6.45) is 2.08. The fourth-order valence-electron chi connectivity index (χ4n) is 2.12. The van der Waals surface area contributed by atoms with Gasteiger partial charge in [-0.2, -0.15) is 0 Å². The Kier molecular flexibility index (Phi) is 6.48. The van der Waals surface area contributed by atoms with Crippen LogP contribution in [0.1, 0.15) is 25.6 Å². The minimum atomic E-state index is -0.224. The first kappa shape index (κ1) is 18.1. The molecule has 0 atom stereocenters. The number of methoxy groups -OCH3 is 2. The lowest BCUT2D eigenvalue weighted by Gasteiger charge is -2.09. The third-order valence-corrected chi connectivity index (χ3v) is 4.24. The molecular formula is C16H22N4O3S. The van der Waals surface area contributed by atoms with Crippen molar-refractivity contribution < 1.29 is 9.47 Å². The Bertz CT molecular complexity index is 789. The second-order valence-electron chi connectivity index (χ2n) is 5.10. The standard InChI is InChI=1S/C16H22N4O3S/c1-4-5-6-18-16(17)24-9-14-19-11-8-13(23-3)12(22-2)7-10(11)15(21)20-14/h7-8H,4-6,9H2,1-3H3,(H2,17,18)(H,19,20,21). The zero-order valence-electron chi connectivity index (χ0n) is 14.1. The van der Waals surface area contributed by atoms with Crippen LogP contribution < -0.4 is 20.8 Å². The van der Waals surface area contributed by atoms with Gasteiger partial charge in [-0.05, 0) is 12.5 Å². The van der Waals surface area contributed by atoms with Gasteiger partial charge in [0.2, 0.25) is 0 Å². The Morgan fingerprint density at radius 2 is 2.04 bits per heavy atom. The van der Waals surface area contributed by atoms with Crippen molar-refractivity contribution in [3.8, 4) is 11.5 Å². The van der Waals surface area contributed by atoms with E-state index in [1.54, 1.807) is 19.2 Å². The molecule has 130 valence electrons. The molecule has 0 saturated heterocycles. The Morgan fingerprint density at radius 3 is 2.71 bits per heavy atom. The normalized spacial score (nSPS) is 11.7. The number of ether oxygens (including phenoxy) is 2. The van der Waals surface area contributed by atoms with Gasteiger partial charge in [0.25, 0.3) is 5.56 Å². The highest BCUT2D eigenvalue weighted by molar-refractivity contribution is 8.13. The zero-order chi connectivity index (χ0) is 17.5. The third kappa shape index (κ3) is 4.41. The van der Waals surface area contributed by atoms with Crippen LogP contribution in [0.2, 0.25) is 0 Å². The topological polar surface area (TPSA) is 103 Å². The third-order valence-electron chi connectivity index (χ3n) is 3.40. The molecule has 24 heavy (non-hydrogen) atoms. The molecule has 2 aromatic rings. The van der Waals surface area contributed by atoms with Crippen molar-refractivity contribution in [2.45, 2.75) is 25.5 Å². The largest absolute Gasteiger partial charge is 0.493 e. The summed E-state index contributed by atoms with van der Waals surface area (Å²) < 4.78 is 10.5. The molecule has 7 nitrogen and oxygen atoms in total. The van der Waals surface area contributed by atoms with Crippen molar-refractivity contribution in [2.24, 2.45) is 10.7 Å². The molecular weight excluding hydrogens is 328 g/mol. The maximum absolute atomic E-state index is 12.3. The summed E-state index contributed by atoms with van der Waals surface area (Å²) in [5.74, 6) is 2.01. The molecule has 0 saturated carbocycles. The van der Waals surface area contributed by atoms with Gasteiger partial charge in [-0.25, -0.2) is 4.98 Å². The maximum Gasteiger partial charge on any atom is 0.258 e. The molecule has 0 bridgehead atoms. The van der Waals surface area contributed by atoms with Gasteiger partial charge in [0.15, 0.2) is 16.7 Å². The lowest BCUT2D eigenvalue weighted by Crippen LogP contribution is -2.13. The van der Waals surface area contributed by atoms with E-state index in [1.165, 1.54) is 18.9 Å². The number of aromatic nitrogens is 2. The number of H-pyrrole nitrogens is 1. The molecule has 0 spiro atoms. The molecule has 0 aliphatic carbocycles. The smallest absolute Gasteiger partial charge is 0.258 e. The van der Waals surface area contributed by atoms with Crippen LogP contribution in [-0.4, -0.2) is 35.9 Å². The van der Waals surface area contributed by atoms with Gasteiger partial charge in [-0.3, -0.25) is 9.79 Å². The molecule has 0 radical (unpaired) electrons. The molecule has 1 aromatic heterocycles. The molecule has 1 aromatic carbocycles. The molecule has 2 rings (SSSR count). The Hall–Kier alpha value is -2.22. The van der Waals surface area contributed by atoms with Crippen molar-refractivity contribution in [3.63, 3.8) is 0 Å². The minimum absolute atomic E-state index is 0.224. The number of unbranched alkanes of at least 4 members (excludes halogenated alkanes) is 1. The van der Waals surface area contributed by atoms with Gasteiger partial charge >= 0.3 is 0 Å². The molecule has 0 aliphatic rings. The van der Waals surface area contributed by atoms with Gasteiger partial charge in [0, 0.05) is 12.6 Å². The highest BCUT2D eigenvalue weighted by Gasteiger charge is 2.11. The van der Waals surface area contributed by atoms with Crippen LogP contribution in [0.3, 0.4) is 0 Å². The zero-order valence-corrected chi connectivity index (χ0v) is 14.9. The molecule has 1 heterocycles. The molecule has 0 fully saturated rings. The summed E-state index contributed by atoms with van der Waals surface area (Å²) in [6, 6.07) is 3.31. The summed E-state index contributed by atoms with van der Waals surface area (Å²) in [5, 5.41) is 0.949. The number of amidine groups is 1. The predicted octanol–water partition coefficient (Wildman–Crippen LogP) is 2.29. The van der Waals surface area contributed by atoms with E-state index in [0.29, 0.717) is 45.7 Å². The summed E-state index contributed by atoms with van der Waals surface area (Å²) in [6.45, 7) is 2.82. The number of fused-ring (bicyclic) bond motifs is 1. The number of nitrogens with zero attached hydrogens (tertiary/aromatic N) is 2. The van der Waals surface area contributed by atoms with Crippen LogP contribution in [0.25, 0.3) is 10.9 Å². The van der Waals surface area contributed by atoms with Crippen LogP contribution in [0.15, 0.2) is 21.9 Å². The maximum atomic E-state index is 12.3. The van der Waals surface area contributed by atoms with Gasteiger partial charge in [0.1, 0.15) is 5.82 Å². The van der Waals surface area contributed by atoms with Crippen molar-refractivity contribution in [3.05, 3.63) is 28.3 Å². The van der Waals surface area contributed by atoms with Crippen molar-refractivity contribution in [1.82, 2.24) is 9.97 Å². The molecule has 3 N–H and O–H groups in total. The highest BCUT2D eigenvalue weighted by Crippen LogP contribution is 2.30. The van der Waals surface area contributed by atoms with Crippen molar-refractivity contribution in [2.75, 3.05) is 20.8 Å². The first-order chi connectivity index (χ1) is 11.6. The minimum Gasteiger partial charge on any atom is -0.493 e. The van der Waals surface area contributed by atoms with Crippen LogP contribution in [0.4, 0.5) is 0 Å². The summed E-state index contributed by atoms with van der Waals surface area (Å²) in [7, 11) is 3.07. The molecule has 0 aliphatic heterocycles. The Balaban J connectivity index is 2.23. The number of hydrogen-bond donors (Lipinski definition) is 2. The summed E-state index contributed by atoms with van der Waals surface area (Å²) >= 11 is 1.35. The first-order valence-corrected chi connectivity index (χ1v) is 8.65. The molecule has 8 heteroatoms. The van der Waals surface area contributed by atoms with E-state index in [-0.39, 0.29) is 5.56 Å². The van der Waals surface area contributed by atoms with Gasteiger partial charge in [0.05, 0.1) is 30.9 Å². The SMILES string of the molecule is CCCCN=C(N)SCc1nc2cc(OC)c(OC)cc2c(=O)[nH]1. The molecule has 0 unspecified atom stereocenters. The van der Waals surface area contributed by atoms with Crippen molar-refractivity contribution in [1.29, 1.82) is 0 Å². The van der Waals surface area contributed by atoms with Gasteiger partial charge in [-0.1, -0.05) is 25.1 Å². The van der Waals surface area contributed by atoms with Crippen molar-refractivity contribution >= 4 is 27.8 Å². The Morgan fingerprint density at radius 1 is 1.33 bits per heavy atom. The van der Waals surface area contributed by atoms with Gasteiger partial charge in [-0.15, -0.1) is 0 Å². The van der Waals surface area contributed by atoms with E-state index >= 15 is 0 Å². The number of aliphatic imine (C=N–C) groups is 1. The average molecular weight is 350 g/mol. The fraction of sp³-hybridized carbons (Fsp3) is 0.438. The van der Waals surface area contributed by atoms with Gasteiger partial charge < -0.3 is 20.2 Å². The number of benzene rings is 1. The Labute approximate surface area is 144 Å². The van der Waals surface area contributed by atoms with E-state index in [9.17, 15) is 4.79 Å². The van der Waals surface area contributed by atoms with E-state index in [0.717, 1.165) is 12.8 Å². The summed E-state index contributed by atoms with van der Waals surface area (Å²) in [4.78, 5) is 23.8. The van der Waals surface area contributed by atoms with Crippen LogP contribution in [-0.2, 0) is 5.75 Å². The number of hydrogen-bond acceptors (Lipinski definition) is 6. The number of rotatable bonds is 7. The molecule has 0 amide bonds. The number of thioether (sulfide) groups is 1. The number of aromatic amines is 1. The monoisotopic (exact) mass is 350 g/mol. The van der Waals surface area contributed by atoms with Crippen LogP contribution in [0.5, 0.6) is 11.5 Å². The number of nitrogens with one attached hydrogen (secondary N) is 1. The number of nitrogens with two attached hydrogens (primary N) is 1. The average Bonchev–Trinajstić information content (AvgIpc) is 2.59. The highest BCUT2D eigenvalue weighted by atomic mass is 32.2. The van der Waals surface area contributed by atoms with E-state index in [1.807, 2.05) is 0 Å².